The van der Waals surface area contributed by atoms with Gasteiger partial charge >= 0.3 is 0 Å². The van der Waals surface area contributed by atoms with E-state index in [-0.39, 0.29) is 17.4 Å². The average molecular weight is 376 g/mol. The maximum absolute atomic E-state index is 12.1. The van der Waals surface area contributed by atoms with Crippen LogP contribution in [-0.4, -0.2) is 27.5 Å². The Labute approximate surface area is 154 Å². The van der Waals surface area contributed by atoms with Crippen molar-refractivity contribution in [2.24, 2.45) is 0 Å². The van der Waals surface area contributed by atoms with Gasteiger partial charge in [0.1, 0.15) is 5.75 Å². The molecule has 0 unspecified atom stereocenters. The van der Waals surface area contributed by atoms with Crippen molar-refractivity contribution in [3.05, 3.63) is 53.6 Å². The first-order valence-corrected chi connectivity index (χ1v) is 9.90. The predicted octanol–water partition coefficient (Wildman–Crippen LogP) is 3.01. The van der Waals surface area contributed by atoms with E-state index >= 15 is 0 Å². The summed E-state index contributed by atoms with van der Waals surface area (Å²) in [6.07, 6.45) is 0.718. The van der Waals surface area contributed by atoms with Crippen molar-refractivity contribution >= 4 is 21.6 Å². The van der Waals surface area contributed by atoms with Crippen molar-refractivity contribution in [1.29, 1.82) is 0 Å². The van der Waals surface area contributed by atoms with Crippen LogP contribution in [0, 0.1) is 13.8 Å². The number of rotatable bonds is 8. The van der Waals surface area contributed by atoms with Crippen LogP contribution in [0.5, 0.6) is 5.75 Å². The summed E-state index contributed by atoms with van der Waals surface area (Å²) in [5.74, 6) is 0.149. The number of benzene rings is 2. The van der Waals surface area contributed by atoms with Crippen molar-refractivity contribution in [3.8, 4) is 5.75 Å². The van der Waals surface area contributed by atoms with Crippen molar-refractivity contribution in [2.75, 3.05) is 18.5 Å². The maximum Gasteiger partial charge on any atom is 0.262 e. The molecule has 2 rings (SSSR count). The van der Waals surface area contributed by atoms with Crippen LogP contribution in [0.3, 0.4) is 0 Å². The summed E-state index contributed by atoms with van der Waals surface area (Å²) in [4.78, 5) is 12.2. The Morgan fingerprint density at radius 3 is 2.42 bits per heavy atom. The monoisotopic (exact) mass is 376 g/mol. The van der Waals surface area contributed by atoms with Crippen molar-refractivity contribution in [2.45, 2.75) is 32.1 Å². The number of anilines is 1. The van der Waals surface area contributed by atoms with Gasteiger partial charge in [0.15, 0.2) is 6.61 Å². The number of sulfonamides is 1. The lowest BCUT2D eigenvalue weighted by atomic mass is 10.1. The van der Waals surface area contributed by atoms with Gasteiger partial charge in [-0.2, -0.15) is 0 Å². The molecule has 140 valence electrons. The van der Waals surface area contributed by atoms with E-state index < -0.39 is 10.0 Å². The molecule has 2 aromatic carbocycles. The van der Waals surface area contributed by atoms with Gasteiger partial charge in [-0.05, 0) is 61.7 Å². The molecule has 0 heterocycles. The van der Waals surface area contributed by atoms with E-state index in [9.17, 15) is 13.2 Å². The fraction of sp³-hybridized carbons (Fsp3) is 0.316. The summed E-state index contributed by atoms with van der Waals surface area (Å²) in [5, 5.41) is 2.81. The third kappa shape index (κ3) is 5.57. The van der Waals surface area contributed by atoms with Crippen molar-refractivity contribution < 1.29 is 17.9 Å². The third-order valence-corrected chi connectivity index (χ3v) is 5.19. The van der Waals surface area contributed by atoms with Gasteiger partial charge in [0.2, 0.25) is 10.0 Å². The maximum atomic E-state index is 12.1. The number of carbonyl (C=O) groups is 1. The molecular formula is C19H24N2O4S. The van der Waals surface area contributed by atoms with Gasteiger partial charge in [-0.1, -0.05) is 19.1 Å². The summed E-state index contributed by atoms with van der Waals surface area (Å²) >= 11 is 0. The largest absolute Gasteiger partial charge is 0.484 e. The molecule has 26 heavy (non-hydrogen) atoms. The highest BCUT2D eigenvalue weighted by Crippen LogP contribution is 2.18. The molecule has 0 spiro atoms. The molecule has 0 aromatic heterocycles. The van der Waals surface area contributed by atoms with E-state index in [1.54, 1.807) is 0 Å². The molecule has 1 amide bonds. The van der Waals surface area contributed by atoms with Gasteiger partial charge in [0, 0.05) is 12.2 Å². The van der Waals surface area contributed by atoms with E-state index in [0.717, 1.165) is 23.2 Å². The molecule has 6 nitrogen and oxygen atoms in total. The summed E-state index contributed by atoms with van der Waals surface area (Å²) in [5.41, 5.74) is 2.78. The zero-order valence-corrected chi connectivity index (χ0v) is 16.0. The number of aryl methyl sites for hydroxylation is 2. The van der Waals surface area contributed by atoms with Gasteiger partial charge in [-0.25, -0.2) is 13.1 Å². The van der Waals surface area contributed by atoms with Gasteiger partial charge in [0.25, 0.3) is 5.91 Å². The lowest BCUT2D eigenvalue weighted by Crippen LogP contribution is -2.24. The quantitative estimate of drug-likeness (QED) is 0.742. The summed E-state index contributed by atoms with van der Waals surface area (Å²) in [6, 6.07) is 11.8. The zero-order valence-electron chi connectivity index (χ0n) is 15.2. The number of hydrogen-bond acceptors (Lipinski definition) is 4. The van der Waals surface area contributed by atoms with Gasteiger partial charge in [-0.3, -0.25) is 4.79 Å². The summed E-state index contributed by atoms with van der Waals surface area (Å²) in [7, 11) is -3.50. The molecule has 0 aliphatic carbocycles. The van der Waals surface area contributed by atoms with Gasteiger partial charge in [-0.15, -0.1) is 0 Å². The highest BCUT2D eigenvalue weighted by Gasteiger charge is 2.13. The van der Waals surface area contributed by atoms with E-state index in [2.05, 4.69) is 10.0 Å². The molecule has 0 saturated heterocycles. The SMILES string of the molecule is CCCNS(=O)(=O)c1ccc(OCC(=O)Nc2cc(C)ccc2C)cc1. The second-order valence-electron chi connectivity index (χ2n) is 6.02. The van der Waals surface area contributed by atoms with Crippen LogP contribution >= 0.6 is 0 Å². The smallest absolute Gasteiger partial charge is 0.262 e. The normalized spacial score (nSPS) is 11.2. The molecule has 0 bridgehead atoms. The Bertz CT molecular complexity index is 862. The van der Waals surface area contributed by atoms with Crippen molar-refractivity contribution in [3.63, 3.8) is 0 Å². The molecule has 0 atom stereocenters. The minimum Gasteiger partial charge on any atom is -0.484 e. The lowest BCUT2D eigenvalue weighted by molar-refractivity contribution is -0.118. The standard InChI is InChI=1S/C19H24N2O4S/c1-4-11-20-26(23,24)17-9-7-16(8-10-17)25-13-19(22)21-18-12-14(2)5-6-15(18)3/h5-10,12,20H,4,11,13H2,1-3H3,(H,21,22). The third-order valence-electron chi connectivity index (χ3n) is 3.71. The number of hydrogen-bond donors (Lipinski definition) is 2. The van der Waals surface area contributed by atoms with E-state index in [1.807, 2.05) is 39.0 Å². The highest BCUT2D eigenvalue weighted by molar-refractivity contribution is 7.89. The molecule has 0 saturated carbocycles. The molecule has 0 radical (unpaired) electrons. The van der Waals surface area contributed by atoms with Crippen LogP contribution in [0.1, 0.15) is 24.5 Å². The van der Waals surface area contributed by atoms with E-state index in [1.165, 1.54) is 24.3 Å². The molecule has 2 aromatic rings. The van der Waals surface area contributed by atoms with E-state index in [0.29, 0.717) is 12.3 Å². The fourth-order valence-corrected chi connectivity index (χ4v) is 3.37. The van der Waals surface area contributed by atoms with Gasteiger partial charge in [0.05, 0.1) is 4.90 Å². The minimum absolute atomic E-state index is 0.159. The van der Waals surface area contributed by atoms with Crippen LogP contribution in [0.2, 0.25) is 0 Å². The minimum atomic E-state index is -3.50. The summed E-state index contributed by atoms with van der Waals surface area (Å²) < 4.78 is 32.0. The Hall–Kier alpha value is -2.38. The predicted molar refractivity (Wildman–Crippen MR) is 102 cm³/mol. The van der Waals surface area contributed by atoms with Crippen LogP contribution in [0.15, 0.2) is 47.4 Å². The molecule has 2 N–H and O–H groups in total. The van der Waals surface area contributed by atoms with Crippen LogP contribution in [0.25, 0.3) is 0 Å². The van der Waals surface area contributed by atoms with E-state index in [4.69, 9.17) is 4.74 Å². The lowest BCUT2D eigenvalue weighted by Gasteiger charge is -2.11. The number of amides is 1. The first-order chi connectivity index (χ1) is 12.3. The second-order valence-corrected chi connectivity index (χ2v) is 7.79. The average Bonchev–Trinajstić information content (AvgIpc) is 2.62. The Kier molecular flexibility index (Phi) is 6.76. The molecular weight excluding hydrogens is 352 g/mol. The van der Waals surface area contributed by atoms with Crippen molar-refractivity contribution in [1.82, 2.24) is 4.72 Å². The Morgan fingerprint density at radius 2 is 1.77 bits per heavy atom. The Morgan fingerprint density at radius 1 is 1.08 bits per heavy atom. The zero-order chi connectivity index (χ0) is 19.2. The Balaban J connectivity index is 1.93. The number of ether oxygens (including phenoxy) is 1. The molecule has 0 aliphatic heterocycles. The second kappa shape index (κ2) is 8.82. The number of nitrogens with one attached hydrogen (secondary N) is 2. The molecule has 0 fully saturated rings. The highest BCUT2D eigenvalue weighted by atomic mass is 32.2. The van der Waals surface area contributed by atoms with Crippen LogP contribution in [0.4, 0.5) is 5.69 Å². The van der Waals surface area contributed by atoms with Crippen LogP contribution in [-0.2, 0) is 14.8 Å². The topological polar surface area (TPSA) is 84.5 Å². The number of carbonyl (C=O) groups excluding carboxylic acids is 1. The molecule has 7 heteroatoms. The fourth-order valence-electron chi connectivity index (χ4n) is 2.24. The first kappa shape index (κ1) is 19.9. The first-order valence-electron chi connectivity index (χ1n) is 8.41. The molecule has 0 aliphatic rings. The van der Waals surface area contributed by atoms with Crippen LogP contribution < -0.4 is 14.8 Å². The van der Waals surface area contributed by atoms with Gasteiger partial charge < -0.3 is 10.1 Å². The summed E-state index contributed by atoms with van der Waals surface area (Å²) in [6.45, 7) is 5.99.